The molecular formula is C17H21NO4. The molecule has 1 fully saturated rings. The van der Waals surface area contributed by atoms with Gasteiger partial charge >= 0.3 is 0 Å². The summed E-state index contributed by atoms with van der Waals surface area (Å²) in [6.07, 6.45) is 2.71. The summed E-state index contributed by atoms with van der Waals surface area (Å²) in [5.41, 5.74) is 0.601. The van der Waals surface area contributed by atoms with Crippen LogP contribution in [0.3, 0.4) is 0 Å². The van der Waals surface area contributed by atoms with Crippen molar-refractivity contribution in [2.45, 2.75) is 50.6 Å². The topological polar surface area (TPSA) is 71.7 Å². The van der Waals surface area contributed by atoms with Crippen molar-refractivity contribution in [1.29, 1.82) is 5.26 Å². The summed E-state index contributed by atoms with van der Waals surface area (Å²) in [6, 6.07) is 7.20. The highest BCUT2D eigenvalue weighted by Gasteiger charge is 2.38. The zero-order chi connectivity index (χ0) is 15.6. The Morgan fingerprint density at radius 1 is 1.45 bits per heavy atom. The van der Waals surface area contributed by atoms with Crippen molar-refractivity contribution in [3.63, 3.8) is 0 Å². The van der Waals surface area contributed by atoms with Crippen LogP contribution in [-0.4, -0.2) is 30.2 Å². The third-order valence-electron chi connectivity index (χ3n) is 4.19. The van der Waals surface area contributed by atoms with Crippen molar-refractivity contribution in [3.8, 4) is 11.8 Å². The van der Waals surface area contributed by atoms with E-state index in [1.54, 1.807) is 18.2 Å². The number of aliphatic hydroxyl groups is 1. The SMILES string of the molecule is CC1(COC2CCCCO2)CC(O)c2cc(C#N)ccc2O1. The van der Waals surface area contributed by atoms with Gasteiger partial charge in [0.15, 0.2) is 6.29 Å². The first-order valence-corrected chi connectivity index (χ1v) is 7.74. The monoisotopic (exact) mass is 303 g/mol. The lowest BCUT2D eigenvalue weighted by atomic mass is 9.90. The van der Waals surface area contributed by atoms with Gasteiger partial charge < -0.3 is 19.3 Å². The van der Waals surface area contributed by atoms with Gasteiger partial charge in [-0.3, -0.25) is 0 Å². The smallest absolute Gasteiger partial charge is 0.157 e. The third kappa shape index (κ3) is 3.25. The van der Waals surface area contributed by atoms with Crippen molar-refractivity contribution < 1.29 is 19.3 Å². The van der Waals surface area contributed by atoms with Gasteiger partial charge in [0.25, 0.3) is 0 Å². The molecule has 1 aromatic rings. The van der Waals surface area contributed by atoms with Crippen molar-refractivity contribution in [3.05, 3.63) is 29.3 Å². The largest absolute Gasteiger partial charge is 0.485 e. The lowest BCUT2D eigenvalue weighted by molar-refractivity contribution is -0.190. The van der Waals surface area contributed by atoms with Gasteiger partial charge in [0.1, 0.15) is 11.4 Å². The number of fused-ring (bicyclic) bond motifs is 1. The van der Waals surface area contributed by atoms with Gasteiger partial charge in [0.2, 0.25) is 0 Å². The van der Waals surface area contributed by atoms with Crippen LogP contribution in [0, 0.1) is 11.3 Å². The Bertz CT molecular complexity index is 577. The lowest BCUT2D eigenvalue weighted by Gasteiger charge is -2.39. The van der Waals surface area contributed by atoms with Crippen LogP contribution in [0.5, 0.6) is 5.75 Å². The van der Waals surface area contributed by atoms with Crippen LogP contribution in [0.4, 0.5) is 0 Å². The molecule has 3 atom stereocenters. The number of nitrogens with zero attached hydrogens (tertiary/aromatic N) is 1. The Morgan fingerprint density at radius 2 is 2.32 bits per heavy atom. The molecule has 1 saturated heterocycles. The Kier molecular flexibility index (Phi) is 4.34. The maximum absolute atomic E-state index is 10.4. The van der Waals surface area contributed by atoms with E-state index in [2.05, 4.69) is 6.07 Å². The predicted molar refractivity (Wildman–Crippen MR) is 79.3 cm³/mol. The van der Waals surface area contributed by atoms with Gasteiger partial charge in [-0.05, 0) is 44.4 Å². The number of nitriles is 1. The summed E-state index contributed by atoms with van der Waals surface area (Å²) in [6.45, 7) is 3.04. The first-order valence-electron chi connectivity index (χ1n) is 7.74. The molecule has 0 saturated carbocycles. The number of hydrogen-bond donors (Lipinski definition) is 1. The molecule has 1 N–H and O–H groups in total. The van der Waals surface area contributed by atoms with Crippen LogP contribution in [-0.2, 0) is 9.47 Å². The minimum atomic E-state index is -0.655. The molecule has 0 aliphatic carbocycles. The Hall–Kier alpha value is -1.61. The van der Waals surface area contributed by atoms with Crippen LogP contribution in [0.2, 0.25) is 0 Å². The Labute approximate surface area is 130 Å². The molecule has 0 bridgehead atoms. The molecule has 2 aliphatic heterocycles. The van der Waals surface area contributed by atoms with E-state index in [0.29, 0.717) is 29.9 Å². The van der Waals surface area contributed by atoms with Crippen molar-refractivity contribution in [2.75, 3.05) is 13.2 Å². The molecule has 0 amide bonds. The number of rotatable bonds is 3. The fraction of sp³-hybridized carbons (Fsp3) is 0.588. The Morgan fingerprint density at radius 3 is 3.05 bits per heavy atom. The zero-order valence-electron chi connectivity index (χ0n) is 12.7. The van der Waals surface area contributed by atoms with Crippen LogP contribution in [0.15, 0.2) is 18.2 Å². The minimum Gasteiger partial charge on any atom is -0.485 e. The second-order valence-electron chi connectivity index (χ2n) is 6.24. The number of hydrogen-bond acceptors (Lipinski definition) is 5. The Balaban J connectivity index is 1.69. The normalized spacial score (nSPS) is 31.0. The third-order valence-corrected chi connectivity index (χ3v) is 4.19. The second kappa shape index (κ2) is 6.25. The van der Waals surface area contributed by atoms with Gasteiger partial charge in [-0.1, -0.05) is 0 Å². The molecule has 3 rings (SSSR count). The number of aliphatic hydroxyl groups excluding tert-OH is 1. The molecule has 2 heterocycles. The van der Waals surface area contributed by atoms with Crippen molar-refractivity contribution in [1.82, 2.24) is 0 Å². The molecule has 2 aliphatic rings. The van der Waals surface area contributed by atoms with Crippen LogP contribution >= 0.6 is 0 Å². The summed E-state index contributed by atoms with van der Waals surface area (Å²) >= 11 is 0. The molecule has 0 spiro atoms. The first kappa shape index (κ1) is 15.3. The van der Waals surface area contributed by atoms with Crippen molar-refractivity contribution >= 4 is 0 Å². The maximum atomic E-state index is 10.4. The average molecular weight is 303 g/mol. The highest BCUT2D eigenvalue weighted by Crippen LogP contribution is 2.40. The van der Waals surface area contributed by atoms with Gasteiger partial charge in [0.05, 0.1) is 24.3 Å². The standard InChI is InChI=1S/C17H21NO4/c1-17(11-21-16-4-2-3-7-20-16)9-14(19)13-8-12(10-18)5-6-15(13)22-17/h5-6,8,14,16,19H,2-4,7,9,11H2,1H3. The van der Waals surface area contributed by atoms with E-state index in [-0.39, 0.29) is 6.29 Å². The fourth-order valence-electron chi connectivity index (χ4n) is 3.00. The summed E-state index contributed by atoms with van der Waals surface area (Å²) in [5.74, 6) is 0.619. The number of ether oxygens (including phenoxy) is 3. The van der Waals surface area contributed by atoms with Gasteiger partial charge in [0, 0.05) is 18.6 Å². The van der Waals surface area contributed by atoms with E-state index >= 15 is 0 Å². The lowest BCUT2D eigenvalue weighted by Crippen LogP contribution is -2.44. The molecule has 5 nitrogen and oxygen atoms in total. The first-order chi connectivity index (χ1) is 10.6. The summed E-state index contributed by atoms with van der Waals surface area (Å²) in [7, 11) is 0. The van der Waals surface area contributed by atoms with Crippen LogP contribution in [0.1, 0.15) is 49.8 Å². The van der Waals surface area contributed by atoms with Crippen molar-refractivity contribution in [2.24, 2.45) is 0 Å². The second-order valence-corrected chi connectivity index (χ2v) is 6.24. The van der Waals surface area contributed by atoms with Crippen LogP contribution in [0.25, 0.3) is 0 Å². The summed E-state index contributed by atoms with van der Waals surface area (Å²) < 4.78 is 17.4. The molecular weight excluding hydrogens is 282 g/mol. The summed E-state index contributed by atoms with van der Waals surface area (Å²) in [4.78, 5) is 0. The molecule has 5 heteroatoms. The highest BCUT2D eigenvalue weighted by atomic mass is 16.7. The minimum absolute atomic E-state index is 0.173. The van der Waals surface area contributed by atoms with E-state index < -0.39 is 11.7 Å². The molecule has 1 aromatic carbocycles. The van der Waals surface area contributed by atoms with Gasteiger partial charge in [-0.25, -0.2) is 0 Å². The van der Waals surface area contributed by atoms with E-state index in [0.717, 1.165) is 25.9 Å². The fourth-order valence-corrected chi connectivity index (χ4v) is 3.00. The average Bonchev–Trinajstić information content (AvgIpc) is 2.54. The van der Waals surface area contributed by atoms with E-state index in [1.165, 1.54) is 0 Å². The summed E-state index contributed by atoms with van der Waals surface area (Å²) in [5, 5.41) is 19.3. The molecule has 0 radical (unpaired) electrons. The van der Waals surface area contributed by atoms with E-state index in [4.69, 9.17) is 19.5 Å². The van der Waals surface area contributed by atoms with Gasteiger partial charge in [-0.15, -0.1) is 0 Å². The predicted octanol–water partition coefficient (Wildman–Crippen LogP) is 2.68. The number of benzene rings is 1. The maximum Gasteiger partial charge on any atom is 0.157 e. The quantitative estimate of drug-likeness (QED) is 0.929. The highest BCUT2D eigenvalue weighted by molar-refractivity contribution is 5.44. The zero-order valence-corrected chi connectivity index (χ0v) is 12.7. The molecule has 0 aromatic heterocycles. The van der Waals surface area contributed by atoms with E-state index in [1.807, 2.05) is 6.92 Å². The van der Waals surface area contributed by atoms with Gasteiger partial charge in [-0.2, -0.15) is 5.26 Å². The molecule has 118 valence electrons. The molecule has 22 heavy (non-hydrogen) atoms. The molecule has 3 unspecified atom stereocenters. The van der Waals surface area contributed by atoms with E-state index in [9.17, 15) is 5.11 Å². The van der Waals surface area contributed by atoms with Crippen LogP contribution < -0.4 is 4.74 Å².